The fourth-order valence-electron chi connectivity index (χ4n) is 2.69. The number of carbonyl (C=O) groups is 1. The summed E-state index contributed by atoms with van der Waals surface area (Å²) in [5.74, 6) is -0.0442. The van der Waals surface area contributed by atoms with Crippen LogP contribution in [-0.2, 0) is 11.3 Å². The molecule has 0 bridgehead atoms. The summed E-state index contributed by atoms with van der Waals surface area (Å²) in [7, 11) is 0. The number of amides is 1. The van der Waals surface area contributed by atoms with Crippen molar-refractivity contribution < 1.29 is 4.79 Å². The first kappa shape index (κ1) is 18.9. The number of rotatable bonds is 5. The molecule has 0 aliphatic carbocycles. The Balaban J connectivity index is 1.78. The van der Waals surface area contributed by atoms with E-state index in [1.165, 1.54) is 23.1 Å². The van der Waals surface area contributed by atoms with Crippen molar-refractivity contribution in [2.45, 2.75) is 32.5 Å². The van der Waals surface area contributed by atoms with Crippen molar-refractivity contribution in [2.75, 3.05) is 11.1 Å². The first-order chi connectivity index (χ1) is 12.4. The van der Waals surface area contributed by atoms with Crippen LogP contribution >= 0.6 is 34.7 Å². The van der Waals surface area contributed by atoms with Crippen molar-refractivity contribution in [3.8, 4) is 0 Å². The first-order valence-electron chi connectivity index (χ1n) is 8.08. The largest absolute Gasteiger partial charge is 0.324 e. The highest BCUT2D eigenvalue weighted by molar-refractivity contribution is 7.99. The third-order valence-electron chi connectivity index (χ3n) is 3.88. The molecule has 1 N–H and O–H groups in total. The van der Waals surface area contributed by atoms with Gasteiger partial charge < -0.3 is 5.32 Å². The van der Waals surface area contributed by atoms with Gasteiger partial charge in [0, 0.05) is 6.54 Å². The fraction of sp³-hybridized carbons (Fsp3) is 0.278. The number of hydrogen-bond donors (Lipinski definition) is 1. The second-order valence-corrected chi connectivity index (χ2v) is 8.12. The average molecular weight is 408 g/mol. The third-order valence-corrected chi connectivity index (χ3v) is 6.04. The summed E-state index contributed by atoms with van der Waals surface area (Å²) in [6, 6.07) is 5.61. The van der Waals surface area contributed by atoms with Crippen LogP contribution in [0.25, 0.3) is 10.2 Å². The maximum absolute atomic E-state index is 12.5. The van der Waals surface area contributed by atoms with Gasteiger partial charge in [0.15, 0.2) is 5.16 Å². The van der Waals surface area contributed by atoms with Gasteiger partial charge in [0.2, 0.25) is 5.91 Å². The van der Waals surface area contributed by atoms with Gasteiger partial charge in [-0.05, 0) is 49.4 Å². The number of halogens is 1. The first-order valence-corrected chi connectivity index (χ1v) is 10.3. The van der Waals surface area contributed by atoms with Crippen molar-refractivity contribution in [1.29, 1.82) is 0 Å². The molecule has 8 heteroatoms. The molecular weight excluding hydrogens is 390 g/mol. The van der Waals surface area contributed by atoms with E-state index in [2.05, 4.69) is 10.3 Å². The normalized spacial score (nSPS) is 11.1. The van der Waals surface area contributed by atoms with Gasteiger partial charge in [0.25, 0.3) is 5.56 Å². The lowest BCUT2D eigenvalue weighted by atomic mass is 10.1. The van der Waals surface area contributed by atoms with E-state index in [1.807, 2.05) is 44.4 Å². The van der Waals surface area contributed by atoms with Crippen LogP contribution in [0.1, 0.15) is 18.1 Å². The van der Waals surface area contributed by atoms with Gasteiger partial charge >= 0.3 is 0 Å². The summed E-state index contributed by atoms with van der Waals surface area (Å²) < 4.78 is 2.24. The van der Waals surface area contributed by atoms with E-state index in [-0.39, 0.29) is 17.2 Å². The molecule has 0 aliphatic heterocycles. The lowest BCUT2D eigenvalue weighted by Crippen LogP contribution is -2.22. The zero-order valence-corrected chi connectivity index (χ0v) is 17.0. The van der Waals surface area contributed by atoms with Crippen molar-refractivity contribution in [3.05, 3.63) is 50.1 Å². The van der Waals surface area contributed by atoms with Crippen molar-refractivity contribution >= 4 is 56.5 Å². The van der Waals surface area contributed by atoms with E-state index in [9.17, 15) is 9.59 Å². The summed E-state index contributed by atoms with van der Waals surface area (Å²) in [5.41, 5.74) is 3.19. The molecule has 2 aromatic heterocycles. The molecule has 0 saturated carbocycles. The van der Waals surface area contributed by atoms with Crippen LogP contribution in [0.15, 0.2) is 33.5 Å². The number of nitrogens with zero attached hydrogens (tertiary/aromatic N) is 2. The quantitative estimate of drug-likeness (QED) is 0.500. The summed E-state index contributed by atoms with van der Waals surface area (Å²) in [5, 5.41) is 5.77. The van der Waals surface area contributed by atoms with E-state index in [0.717, 1.165) is 11.1 Å². The predicted octanol–water partition coefficient (Wildman–Crippen LogP) is 4.48. The SMILES string of the molecule is CCn1c(SCC(=O)Nc2c(C)cc(C)cc2Cl)nc2ccsc2c1=O. The van der Waals surface area contributed by atoms with Crippen LogP contribution in [0, 0.1) is 13.8 Å². The van der Waals surface area contributed by atoms with Crippen LogP contribution < -0.4 is 10.9 Å². The van der Waals surface area contributed by atoms with E-state index < -0.39 is 0 Å². The molecule has 1 amide bonds. The molecule has 26 heavy (non-hydrogen) atoms. The Hall–Kier alpha value is -1.83. The van der Waals surface area contributed by atoms with Gasteiger partial charge in [-0.3, -0.25) is 14.2 Å². The number of thioether (sulfide) groups is 1. The predicted molar refractivity (Wildman–Crippen MR) is 110 cm³/mol. The number of carbonyl (C=O) groups excluding carboxylic acids is 1. The Morgan fingerprint density at radius 1 is 1.38 bits per heavy atom. The highest BCUT2D eigenvalue weighted by Gasteiger charge is 2.14. The van der Waals surface area contributed by atoms with Gasteiger partial charge in [-0.2, -0.15) is 0 Å². The molecule has 3 rings (SSSR count). The van der Waals surface area contributed by atoms with Gasteiger partial charge in [-0.1, -0.05) is 29.4 Å². The monoisotopic (exact) mass is 407 g/mol. The maximum atomic E-state index is 12.5. The number of nitrogens with one attached hydrogen (secondary N) is 1. The molecule has 3 aromatic rings. The van der Waals surface area contributed by atoms with Crippen LogP contribution in [0.5, 0.6) is 0 Å². The molecule has 0 aliphatic rings. The Morgan fingerprint density at radius 3 is 2.85 bits per heavy atom. The average Bonchev–Trinajstić information content (AvgIpc) is 3.05. The molecule has 136 valence electrons. The van der Waals surface area contributed by atoms with Crippen LogP contribution in [0.2, 0.25) is 5.02 Å². The highest BCUT2D eigenvalue weighted by Crippen LogP contribution is 2.28. The minimum Gasteiger partial charge on any atom is -0.324 e. The molecule has 0 atom stereocenters. The topological polar surface area (TPSA) is 64.0 Å². The highest BCUT2D eigenvalue weighted by atomic mass is 35.5. The van der Waals surface area contributed by atoms with E-state index >= 15 is 0 Å². The Labute approximate surface area is 164 Å². The van der Waals surface area contributed by atoms with Gasteiger partial charge in [-0.15, -0.1) is 11.3 Å². The minimum atomic E-state index is -0.189. The van der Waals surface area contributed by atoms with Crippen molar-refractivity contribution in [1.82, 2.24) is 9.55 Å². The lowest BCUT2D eigenvalue weighted by molar-refractivity contribution is -0.113. The van der Waals surface area contributed by atoms with Gasteiger partial charge in [0.05, 0.1) is 22.0 Å². The number of anilines is 1. The van der Waals surface area contributed by atoms with E-state index in [4.69, 9.17) is 11.6 Å². The molecule has 0 radical (unpaired) electrons. The van der Waals surface area contributed by atoms with E-state index in [1.54, 1.807) is 4.57 Å². The van der Waals surface area contributed by atoms with Gasteiger partial charge in [-0.25, -0.2) is 4.98 Å². The number of fused-ring (bicyclic) bond motifs is 1. The molecule has 0 saturated heterocycles. The third kappa shape index (κ3) is 3.79. The molecular formula is C18H18ClN3O2S2. The van der Waals surface area contributed by atoms with E-state index in [0.29, 0.717) is 32.6 Å². The Kier molecular flexibility index (Phi) is 5.70. The molecule has 0 unspecified atom stereocenters. The Morgan fingerprint density at radius 2 is 2.15 bits per heavy atom. The number of benzene rings is 1. The molecule has 0 fully saturated rings. The number of thiophene rings is 1. The standard InChI is InChI=1S/C18H18ClN3O2S2/c1-4-22-17(24)16-13(5-6-25-16)20-18(22)26-9-14(23)21-15-11(3)7-10(2)8-12(15)19/h5-8H,4,9H2,1-3H3,(H,21,23). The summed E-state index contributed by atoms with van der Waals surface area (Å²) in [6.07, 6.45) is 0. The summed E-state index contributed by atoms with van der Waals surface area (Å²) >= 11 is 8.87. The van der Waals surface area contributed by atoms with Crippen molar-refractivity contribution in [3.63, 3.8) is 0 Å². The van der Waals surface area contributed by atoms with Crippen LogP contribution in [0.4, 0.5) is 5.69 Å². The second kappa shape index (κ2) is 7.82. The minimum absolute atomic E-state index is 0.0622. The fourth-order valence-corrected chi connectivity index (χ4v) is 4.70. The zero-order valence-electron chi connectivity index (χ0n) is 14.6. The molecule has 0 spiro atoms. The number of aromatic nitrogens is 2. The van der Waals surface area contributed by atoms with Crippen molar-refractivity contribution in [2.24, 2.45) is 0 Å². The maximum Gasteiger partial charge on any atom is 0.272 e. The number of hydrogen-bond acceptors (Lipinski definition) is 5. The summed E-state index contributed by atoms with van der Waals surface area (Å²) in [6.45, 7) is 6.26. The molecule has 2 heterocycles. The van der Waals surface area contributed by atoms with Gasteiger partial charge in [0.1, 0.15) is 4.70 Å². The zero-order chi connectivity index (χ0) is 18.8. The smallest absolute Gasteiger partial charge is 0.272 e. The Bertz CT molecular complexity index is 1020. The molecule has 1 aromatic carbocycles. The van der Waals surface area contributed by atoms with Crippen LogP contribution in [-0.4, -0.2) is 21.2 Å². The van der Waals surface area contributed by atoms with Crippen LogP contribution in [0.3, 0.4) is 0 Å². The second-order valence-electron chi connectivity index (χ2n) is 5.85. The number of aryl methyl sites for hydroxylation is 2. The summed E-state index contributed by atoms with van der Waals surface area (Å²) in [4.78, 5) is 29.4. The molecule has 5 nitrogen and oxygen atoms in total. The lowest BCUT2D eigenvalue weighted by Gasteiger charge is -2.12.